The lowest BCUT2D eigenvalue weighted by Gasteiger charge is -2.31. The van der Waals surface area contributed by atoms with Gasteiger partial charge in [-0.2, -0.15) is 0 Å². The summed E-state index contributed by atoms with van der Waals surface area (Å²) in [6.07, 6.45) is 0.695. The van der Waals surface area contributed by atoms with Gasteiger partial charge in [-0.3, -0.25) is 10.2 Å². The highest BCUT2D eigenvalue weighted by Gasteiger charge is 2.53. The molecule has 1 amide bonds. The first-order valence-corrected chi connectivity index (χ1v) is 15.0. The highest BCUT2D eigenvalue weighted by Crippen LogP contribution is 2.44. The molecular formula is C32H37BrN6O4. The van der Waals surface area contributed by atoms with Crippen molar-refractivity contribution in [2.24, 2.45) is 15.5 Å². The van der Waals surface area contributed by atoms with Crippen LogP contribution in [0.1, 0.15) is 56.4 Å². The summed E-state index contributed by atoms with van der Waals surface area (Å²) in [5, 5.41) is 12.9. The first-order valence-electron chi connectivity index (χ1n) is 14.2. The third-order valence-corrected chi connectivity index (χ3v) is 7.54. The first-order chi connectivity index (χ1) is 20.6. The molecule has 3 N–H and O–H groups in total. The van der Waals surface area contributed by atoms with Crippen molar-refractivity contribution in [2.75, 3.05) is 19.8 Å². The SMILES string of the molecule is CC(C)(C)CCNNC(=O)[C@@]1(Cc2ccccc2N=[N+]=[N-])N=C(c2ccc(OCCCO)cc2)O[C@H]1c1ccc(Br)cc1. The van der Waals surface area contributed by atoms with Crippen LogP contribution in [-0.2, 0) is 16.0 Å². The Labute approximate surface area is 260 Å². The predicted molar refractivity (Wildman–Crippen MR) is 170 cm³/mol. The summed E-state index contributed by atoms with van der Waals surface area (Å²) in [4.78, 5) is 22.3. The molecule has 1 heterocycles. The van der Waals surface area contributed by atoms with E-state index in [1.807, 2.05) is 48.5 Å². The van der Waals surface area contributed by atoms with E-state index < -0.39 is 11.6 Å². The Morgan fingerprint density at radius 3 is 2.53 bits per heavy atom. The second-order valence-electron chi connectivity index (χ2n) is 11.5. The topological polar surface area (TPSA) is 141 Å². The van der Waals surface area contributed by atoms with Crippen LogP contribution in [0.15, 0.2) is 87.4 Å². The van der Waals surface area contributed by atoms with E-state index in [0.717, 1.165) is 16.5 Å². The number of benzene rings is 3. The van der Waals surface area contributed by atoms with Crippen LogP contribution in [0.5, 0.6) is 5.75 Å². The molecule has 43 heavy (non-hydrogen) atoms. The second kappa shape index (κ2) is 14.5. The van der Waals surface area contributed by atoms with Crippen LogP contribution in [0, 0.1) is 5.41 Å². The van der Waals surface area contributed by atoms with E-state index in [2.05, 4.69) is 57.6 Å². The van der Waals surface area contributed by atoms with Gasteiger partial charge in [-0.1, -0.05) is 78.2 Å². The number of hydrazine groups is 1. The molecule has 0 spiro atoms. The zero-order chi connectivity index (χ0) is 30.9. The molecular weight excluding hydrogens is 612 g/mol. The zero-order valence-electron chi connectivity index (χ0n) is 24.6. The summed E-state index contributed by atoms with van der Waals surface area (Å²) in [6.45, 7) is 7.43. The minimum Gasteiger partial charge on any atom is -0.494 e. The molecule has 11 heteroatoms. The number of amides is 1. The molecule has 3 aromatic carbocycles. The predicted octanol–water partition coefficient (Wildman–Crippen LogP) is 6.71. The maximum atomic E-state index is 14.3. The normalized spacial score (nSPS) is 17.9. The van der Waals surface area contributed by atoms with Gasteiger partial charge in [0.1, 0.15) is 5.75 Å². The fourth-order valence-corrected chi connectivity index (χ4v) is 4.97. The van der Waals surface area contributed by atoms with Crippen molar-refractivity contribution in [3.63, 3.8) is 0 Å². The summed E-state index contributed by atoms with van der Waals surface area (Å²) in [6, 6.07) is 22.0. The average Bonchev–Trinajstić information content (AvgIpc) is 3.37. The van der Waals surface area contributed by atoms with Gasteiger partial charge in [-0.25, -0.2) is 10.4 Å². The number of rotatable bonds is 13. The van der Waals surface area contributed by atoms with E-state index in [1.54, 1.807) is 24.3 Å². The molecule has 0 bridgehead atoms. The number of ether oxygens (including phenoxy) is 2. The molecule has 0 unspecified atom stereocenters. The number of nitrogens with zero attached hydrogens (tertiary/aromatic N) is 4. The fourth-order valence-electron chi connectivity index (χ4n) is 4.70. The number of aliphatic hydroxyl groups excluding tert-OH is 1. The van der Waals surface area contributed by atoms with E-state index in [4.69, 9.17) is 19.6 Å². The molecule has 10 nitrogen and oxygen atoms in total. The van der Waals surface area contributed by atoms with E-state index in [1.165, 1.54) is 0 Å². The number of aliphatic imine (C=N–C) groups is 1. The number of hydrogen-bond donors (Lipinski definition) is 3. The molecule has 0 fully saturated rings. The molecule has 0 aliphatic carbocycles. The van der Waals surface area contributed by atoms with E-state index in [-0.39, 0.29) is 24.3 Å². The Kier molecular flexibility index (Phi) is 10.8. The van der Waals surface area contributed by atoms with Crippen molar-refractivity contribution in [1.82, 2.24) is 10.9 Å². The lowest BCUT2D eigenvalue weighted by atomic mass is 9.81. The van der Waals surface area contributed by atoms with Gasteiger partial charge >= 0.3 is 0 Å². The maximum absolute atomic E-state index is 14.3. The zero-order valence-corrected chi connectivity index (χ0v) is 26.2. The van der Waals surface area contributed by atoms with Gasteiger partial charge in [0.15, 0.2) is 11.6 Å². The second-order valence-corrected chi connectivity index (χ2v) is 12.4. The largest absolute Gasteiger partial charge is 0.494 e. The number of aliphatic hydroxyl groups is 1. The molecule has 1 aliphatic rings. The number of carbonyl (C=O) groups excluding carboxylic acids is 1. The molecule has 1 aliphatic heterocycles. The van der Waals surface area contributed by atoms with Crippen molar-refractivity contribution < 1.29 is 19.4 Å². The van der Waals surface area contributed by atoms with Gasteiger partial charge in [0.05, 0.1) is 6.61 Å². The van der Waals surface area contributed by atoms with Gasteiger partial charge < -0.3 is 14.6 Å². The summed E-state index contributed by atoms with van der Waals surface area (Å²) < 4.78 is 13.1. The lowest BCUT2D eigenvalue weighted by molar-refractivity contribution is -0.130. The Morgan fingerprint density at radius 1 is 1.14 bits per heavy atom. The number of carbonyl (C=O) groups is 1. The summed E-state index contributed by atoms with van der Waals surface area (Å²) >= 11 is 3.50. The lowest BCUT2D eigenvalue weighted by Crippen LogP contribution is -2.54. The van der Waals surface area contributed by atoms with E-state index >= 15 is 0 Å². The Bertz CT molecular complexity index is 1470. The molecule has 0 saturated heterocycles. The highest BCUT2D eigenvalue weighted by molar-refractivity contribution is 9.10. The van der Waals surface area contributed by atoms with Crippen molar-refractivity contribution in [2.45, 2.75) is 51.7 Å². The van der Waals surface area contributed by atoms with Crippen LogP contribution >= 0.6 is 15.9 Å². The maximum Gasteiger partial charge on any atom is 0.266 e. The van der Waals surface area contributed by atoms with Crippen LogP contribution in [0.3, 0.4) is 0 Å². The van der Waals surface area contributed by atoms with Gasteiger partial charge in [-0.15, -0.1) is 0 Å². The van der Waals surface area contributed by atoms with Crippen LogP contribution in [0.4, 0.5) is 5.69 Å². The molecule has 0 radical (unpaired) electrons. The van der Waals surface area contributed by atoms with Crippen molar-refractivity contribution >= 4 is 33.4 Å². The number of azide groups is 1. The minimum absolute atomic E-state index is 0.0538. The standard InChI is InChI=1S/C32H37BrN6O4/c1-31(2,3)17-18-35-38-30(41)32(21-24-7-4-5-8-27(24)37-39-34)28(22-9-13-25(33)14-10-22)43-29(36-32)23-11-15-26(16-12-23)42-20-6-19-40/h4-5,7-16,28,35,40H,6,17-21H2,1-3H3,(H,38,41)/t28-,32-/m0/s1. The van der Waals surface area contributed by atoms with Crippen molar-refractivity contribution in [3.05, 3.63) is 104 Å². The minimum atomic E-state index is -1.45. The van der Waals surface area contributed by atoms with Crippen LogP contribution in [-0.4, -0.2) is 42.2 Å². The van der Waals surface area contributed by atoms with Gasteiger partial charge in [0.2, 0.25) is 5.90 Å². The smallest absolute Gasteiger partial charge is 0.266 e. The highest BCUT2D eigenvalue weighted by atomic mass is 79.9. The number of nitrogens with one attached hydrogen (secondary N) is 2. The molecule has 4 rings (SSSR count). The molecule has 3 aromatic rings. The fraction of sp³-hybridized carbons (Fsp3) is 0.375. The van der Waals surface area contributed by atoms with E-state index in [0.29, 0.717) is 48.0 Å². The van der Waals surface area contributed by atoms with Crippen LogP contribution in [0.25, 0.3) is 10.4 Å². The Balaban J connectivity index is 1.78. The Morgan fingerprint density at radius 2 is 1.86 bits per heavy atom. The summed E-state index contributed by atoms with van der Waals surface area (Å²) in [5.74, 6) is 0.584. The molecule has 226 valence electrons. The van der Waals surface area contributed by atoms with E-state index in [9.17, 15) is 10.3 Å². The molecule has 0 aromatic heterocycles. The third-order valence-electron chi connectivity index (χ3n) is 7.01. The van der Waals surface area contributed by atoms with Gasteiger partial charge in [0.25, 0.3) is 5.91 Å². The van der Waals surface area contributed by atoms with Crippen LogP contribution in [0.2, 0.25) is 0 Å². The Hall–Kier alpha value is -3.89. The summed E-state index contributed by atoms with van der Waals surface area (Å²) in [5.41, 5.74) is 16.4. The van der Waals surface area contributed by atoms with Crippen LogP contribution < -0.4 is 15.6 Å². The first kappa shape index (κ1) is 32.0. The third kappa shape index (κ3) is 8.36. The van der Waals surface area contributed by atoms with Gasteiger partial charge in [0, 0.05) is 46.6 Å². The number of halogens is 1. The quantitative estimate of drug-likeness (QED) is 0.0621. The summed E-state index contributed by atoms with van der Waals surface area (Å²) in [7, 11) is 0. The monoisotopic (exact) mass is 648 g/mol. The van der Waals surface area contributed by atoms with Gasteiger partial charge in [-0.05, 0) is 64.9 Å². The van der Waals surface area contributed by atoms with Crippen molar-refractivity contribution in [3.8, 4) is 5.75 Å². The average molecular weight is 650 g/mol. The van der Waals surface area contributed by atoms with Crippen molar-refractivity contribution in [1.29, 1.82) is 0 Å². The number of hydrogen-bond acceptors (Lipinski definition) is 7. The molecule has 0 saturated carbocycles. The molecule has 2 atom stereocenters.